The average molecular weight is 207 g/mol. The number of rotatable bonds is 7. The van der Waals surface area contributed by atoms with Crippen LogP contribution in [0.3, 0.4) is 0 Å². The van der Waals surface area contributed by atoms with Crippen LogP contribution in [0, 0.1) is 0 Å². The van der Waals surface area contributed by atoms with Crippen molar-refractivity contribution in [1.82, 2.24) is 4.31 Å². The van der Waals surface area contributed by atoms with Gasteiger partial charge in [-0.25, -0.2) is 12.7 Å². The van der Waals surface area contributed by atoms with Gasteiger partial charge in [-0.2, -0.15) is 0 Å². The van der Waals surface area contributed by atoms with Gasteiger partial charge in [-0.3, -0.25) is 0 Å². The van der Waals surface area contributed by atoms with Crippen LogP contribution >= 0.6 is 0 Å². The fourth-order valence-electron chi connectivity index (χ4n) is 0.995. The molecule has 0 aromatic carbocycles. The molecule has 0 heterocycles. The summed E-state index contributed by atoms with van der Waals surface area (Å²) in [5.74, 6) is -0.0354. The van der Waals surface area contributed by atoms with Gasteiger partial charge in [-0.1, -0.05) is 13.0 Å². The number of aliphatic hydroxyl groups excluding tert-OH is 1. The van der Waals surface area contributed by atoms with Crippen LogP contribution in [0.1, 0.15) is 13.3 Å². The van der Waals surface area contributed by atoms with Crippen LogP contribution in [0.15, 0.2) is 12.7 Å². The van der Waals surface area contributed by atoms with Gasteiger partial charge in [-0.15, -0.1) is 6.58 Å². The third-order valence-corrected chi connectivity index (χ3v) is 3.52. The molecule has 0 atom stereocenters. The standard InChI is InChI=1S/C8H17NO3S/c1-3-8-13(11,12)9(4-2)6-5-7-10/h3,10H,1,4-8H2,2H3. The molecular formula is C8H17NO3S. The maximum atomic E-state index is 11.4. The first kappa shape index (κ1) is 12.6. The average Bonchev–Trinajstić information content (AvgIpc) is 2.05. The van der Waals surface area contributed by atoms with E-state index in [1.54, 1.807) is 6.92 Å². The van der Waals surface area contributed by atoms with E-state index in [-0.39, 0.29) is 12.4 Å². The first-order valence-electron chi connectivity index (χ1n) is 4.28. The molecule has 0 spiro atoms. The lowest BCUT2D eigenvalue weighted by molar-refractivity contribution is 0.271. The Morgan fingerprint density at radius 1 is 1.54 bits per heavy atom. The van der Waals surface area contributed by atoms with E-state index < -0.39 is 10.0 Å². The van der Waals surface area contributed by atoms with E-state index in [1.807, 2.05) is 0 Å². The highest BCUT2D eigenvalue weighted by Gasteiger charge is 2.17. The van der Waals surface area contributed by atoms with Crippen molar-refractivity contribution in [2.45, 2.75) is 13.3 Å². The van der Waals surface area contributed by atoms with Gasteiger partial charge in [0.15, 0.2) is 0 Å². The summed E-state index contributed by atoms with van der Waals surface area (Å²) < 4.78 is 24.2. The summed E-state index contributed by atoms with van der Waals surface area (Å²) in [6.45, 7) is 6.00. The topological polar surface area (TPSA) is 57.6 Å². The zero-order valence-electron chi connectivity index (χ0n) is 7.94. The van der Waals surface area contributed by atoms with Crippen molar-refractivity contribution in [1.29, 1.82) is 0 Å². The first-order chi connectivity index (χ1) is 6.08. The Labute approximate surface area is 79.9 Å². The van der Waals surface area contributed by atoms with Crippen molar-refractivity contribution in [3.05, 3.63) is 12.7 Å². The van der Waals surface area contributed by atoms with Crippen LogP contribution in [0.2, 0.25) is 0 Å². The molecule has 0 aliphatic carbocycles. The van der Waals surface area contributed by atoms with Gasteiger partial charge < -0.3 is 5.11 Å². The van der Waals surface area contributed by atoms with Crippen molar-refractivity contribution in [2.24, 2.45) is 0 Å². The Balaban J connectivity index is 4.28. The van der Waals surface area contributed by atoms with Crippen molar-refractivity contribution in [2.75, 3.05) is 25.4 Å². The monoisotopic (exact) mass is 207 g/mol. The van der Waals surface area contributed by atoms with Crippen LogP contribution in [-0.4, -0.2) is 43.3 Å². The molecule has 4 nitrogen and oxygen atoms in total. The van der Waals surface area contributed by atoms with Crippen molar-refractivity contribution in [3.63, 3.8) is 0 Å². The number of nitrogens with zero attached hydrogens (tertiary/aromatic N) is 1. The lowest BCUT2D eigenvalue weighted by atomic mass is 10.4. The Morgan fingerprint density at radius 2 is 2.15 bits per heavy atom. The van der Waals surface area contributed by atoms with Gasteiger partial charge >= 0.3 is 0 Å². The maximum absolute atomic E-state index is 11.4. The summed E-state index contributed by atoms with van der Waals surface area (Å²) in [7, 11) is -3.19. The Kier molecular flexibility index (Phi) is 5.94. The second kappa shape index (κ2) is 6.12. The summed E-state index contributed by atoms with van der Waals surface area (Å²) in [6, 6.07) is 0. The highest BCUT2D eigenvalue weighted by molar-refractivity contribution is 7.89. The molecule has 0 fully saturated rings. The summed E-state index contributed by atoms with van der Waals surface area (Å²) in [5.41, 5.74) is 0. The third kappa shape index (κ3) is 4.40. The largest absolute Gasteiger partial charge is 0.396 e. The maximum Gasteiger partial charge on any atom is 0.217 e. The molecular weight excluding hydrogens is 190 g/mol. The zero-order valence-corrected chi connectivity index (χ0v) is 8.76. The van der Waals surface area contributed by atoms with Gasteiger partial charge in [-0.05, 0) is 6.42 Å². The predicted molar refractivity (Wildman–Crippen MR) is 52.9 cm³/mol. The molecule has 0 saturated carbocycles. The first-order valence-corrected chi connectivity index (χ1v) is 5.89. The van der Waals surface area contributed by atoms with E-state index in [9.17, 15) is 8.42 Å². The normalized spacial score (nSPS) is 11.9. The fourth-order valence-corrected chi connectivity index (χ4v) is 2.30. The van der Waals surface area contributed by atoms with E-state index in [2.05, 4.69) is 6.58 Å². The van der Waals surface area contributed by atoms with E-state index in [0.717, 1.165) is 0 Å². The molecule has 1 N–H and O–H groups in total. The highest BCUT2D eigenvalue weighted by Crippen LogP contribution is 2.02. The van der Waals surface area contributed by atoms with E-state index in [0.29, 0.717) is 19.5 Å². The molecule has 0 bridgehead atoms. The van der Waals surface area contributed by atoms with Crippen LogP contribution < -0.4 is 0 Å². The Hall–Kier alpha value is -0.390. The number of hydrogen-bond donors (Lipinski definition) is 1. The lowest BCUT2D eigenvalue weighted by Crippen LogP contribution is -2.33. The molecule has 0 aromatic rings. The molecule has 0 aromatic heterocycles. The minimum Gasteiger partial charge on any atom is -0.396 e. The molecule has 0 aliphatic heterocycles. The van der Waals surface area contributed by atoms with Crippen LogP contribution in [0.25, 0.3) is 0 Å². The van der Waals surface area contributed by atoms with Gasteiger partial charge in [0, 0.05) is 19.7 Å². The summed E-state index contributed by atoms with van der Waals surface area (Å²) >= 11 is 0. The van der Waals surface area contributed by atoms with Crippen LogP contribution in [0.5, 0.6) is 0 Å². The number of aliphatic hydroxyl groups is 1. The fraction of sp³-hybridized carbons (Fsp3) is 0.750. The van der Waals surface area contributed by atoms with Gasteiger partial charge in [0.25, 0.3) is 0 Å². The summed E-state index contributed by atoms with van der Waals surface area (Å²) in [4.78, 5) is 0. The molecule has 0 unspecified atom stereocenters. The minimum atomic E-state index is -3.19. The van der Waals surface area contributed by atoms with E-state index >= 15 is 0 Å². The Bertz CT molecular complexity index is 236. The smallest absolute Gasteiger partial charge is 0.217 e. The predicted octanol–water partition coefficient (Wildman–Crippen LogP) is 0.207. The van der Waals surface area contributed by atoms with Gasteiger partial charge in [0.05, 0.1) is 5.75 Å². The van der Waals surface area contributed by atoms with Crippen molar-refractivity contribution in [3.8, 4) is 0 Å². The Morgan fingerprint density at radius 3 is 2.54 bits per heavy atom. The van der Waals surface area contributed by atoms with E-state index in [1.165, 1.54) is 10.4 Å². The van der Waals surface area contributed by atoms with Gasteiger partial charge in [0.1, 0.15) is 0 Å². The van der Waals surface area contributed by atoms with Crippen molar-refractivity contribution >= 4 is 10.0 Å². The molecule has 0 aliphatic rings. The number of hydrogen-bond acceptors (Lipinski definition) is 3. The van der Waals surface area contributed by atoms with Gasteiger partial charge in [0.2, 0.25) is 10.0 Å². The van der Waals surface area contributed by atoms with Crippen LogP contribution in [-0.2, 0) is 10.0 Å². The summed E-state index contributed by atoms with van der Waals surface area (Å²) in [6.07, 6.45) is 1.85. The zero-order chi connectivity index (χ0) is 10.3. The molecule has 0 radical (unpaired) electrons. The van der Waals surface area contributed by atoms with Crippen molar-refractivity contribution < 1.29 is 13.5 Å². The molecule has 78 valence electrons. The van der Waals surface area contributed by atoms with Crippen LogP contribution in [0.4, 0.5) is 0 Å². The number of sulfonamides is 1. The molecule has 0 rings (SSSR count). The minimum absolute atomic E-state index is 0.0140. The summed E-state index contributed by atoms with van der Waals surface area (Å²) in [5, 5.41) is 8.56. The highest BCUT2D eigenvalue weighted by atomic mass is 32.2. The third-order valence-electron chi connectivity index (χ3n) is 1.64. The quantitative estimate of drug-likeness (QED) is 0.607. The molecule has 5 heteroatoms. The second-order valence-corrected chi connectivity index (χ2v) is 4.65. The molecule has 13 heavy (non-hydrogen) atoms. The lowest BCUT2D eigenvalue weighted by Gasteiger charge is -2.18. The van der Waals surface area contributed by atoms with E-state index in [4.69, 9.17) is 5.11 Å². The molecule has 0 amide bonds. The SMILES string of the molecule is C=CCS(=O)(=O)N(CC)CCCO. The molecule has 0 saturated heterocycles. The second-order valence-electron chi connectivity index (χ2n) is 2.64.